The molecule has 28 heavy (non-hydrogen) atoms. The summed E-state index contributed by atoms with van der Waals surface area (Å²) in [5.74, 6) is 0.247. The van der Waals surface area contributed by atoms with Crippen LogP contribution in [0, 0.1) is 11.3 Å². The molecule has 140 valence electrons. The lowest BCUT2D eigenvalue weighted by Gasteiger charge is -2.13. The minimum Gasteiger partial charge on any atom is -0.487 e. The fraction of sp³-hybridized carbons (Fsp3) is 0.100. The minimum atomic E-state index is -4.46. The maximum absolute atomic E-state index is 13.1. The van der Waals surface area contributed by atoms with Crippen LogP contribution in [0.5, 0.6) is 5.75 Å². The summed E-state index contributed by atoms with van der Waals surface area (Å²) in [7, 11) is 0. The van der Waals surface area contributed by atoms with Gasteiger partial charge in [0.1, 0.15) is 28.9 Å². The molecule has 0 N–H and O–H groups in total. The van der Waals surface area contributed by atoms with Crippen molar-refractivity contribution in [1.29, 1.82) is 5.26 Å². The Morgan fingerprint density at radius 2 is 1.86 bits per heavy atom. The molecule has 0 aliphatic heterocycles. The highest BCUT2D eigenvalue weighted by Crippen LogP contribution is 2.35. The molecule has 2 heterocycles. The van der Waals surface area contributed by atoms with Gasteiger partial charge in [-0.25, -0.2) is 4.98 Å². The van der Waals surface area contributed by atoms with Gasteiger partial charge in [0.25, 0.3) is 0 Å². The summed E-state index contributed by atoms with van der Waals surface area (Å²) in [5, 5.41) is 10.1. The van der Waals surface area contributed by atoms with Crippen molar-refractivity contribution in [2.45, 2.75) is 12.8 Å². The van der Waals surface area contributed by atoms with Crippen molar-refractivity contribution in [3.8, 4) is 16.8 Å². The fourth-order valence-electron chi connectivity index (χ4n) is 2.88. The zero-order chi connectivity index (χ0) is 19.7. The largest absolute Gasteiger partial charge is 0.487 e. The van der Waals surface area contributed by atoms with Gasteiger partial charge in [0.15, 0.2) is 5.75 Å². The number of fused-ring (bicyclic) bond motifs is 1. The molecular weight excluding hydrogens is 387 g/mol. The van der Waals surface area contributed by atoms with Crippen LogP contribution in [0.15, 0.2) is 60.9 Å². The second-order valence-electron chi connectivity index (χ2n) is 5.94. The van der Waals surface area contributed by atoms with Crippen molar-refractivity contribution >= 4 is 22.4 Å². The lowest BCUT2D eigenvalue weighted by molar-refractivity contribution is -0.138. The number of halogens is 3. The molecule has 2 aromatic heterocycles. The summed E-state index contributed by atoms with van der Waals surface area (Å²) in [6.45, 7) is -0.286. The van der Waals surface area contributed by atoms with E-state index in [0.717, 1.165) is 17.1 Å². The molecule has 0 aliphatic carbocycles. The molecule has 0 amide bonds. The van der Waals surface area contributed by atoms with Crippen LogP contribution in [0.3, 0.4) is 0 Å². The number of thiophene rings is 1. The van der Waals surface area contributed by atoms with Gasteiger partial charge in [-0.3, -0.25) is 4.57 Å². The fourth-order valence-corrected chi connectivity index (χ4v) is 3.76. The Labute approximate surface area is 162 Å². The first-order valence-corrected chi connectivity index (χ1v) is 9.03. The molecule has 0 radical (unpaired) electrons. The van der Waals surface area contributed by atoms with Crippen LogP contribution in [0.25, 0.3) is 16.0 Å². The van der Waals surface area contributed by atoms with Gasteiger partial charge < -0.3 is 4.74 Å². The number of hydrogen-bond donors (Lipinski definition) is 0. The molecule has 0 saturated carbocycles. The second kappa shape index (κ2) is 7.02. The van der Waals surface area contributed by atoms with Gasteiger partial charge in [0.2, 0.25) is 0 Å². The third-order valence-corrected chi connectivity index (χ3v) is 5.20. The molecule has 8 heteroatoms. The quantitative estimate of drug-likeness (QED) is 0.452. The van der Waals surface area contributed by atoms with E-state index in [-0.39, 0.29) is 22.8 Å². The van der Waals surface area contributed by atoms with E-state index < -0.39 is 11.7 Å². The lowest BCUT2D eigenvalue weighted by Crippen LogP contribution is -2.10. The van der Waals surface area contributed by atoms with Gasteiger partial charge in [0, 0.05) is 11.6 Å². The lowest BCUT2D eigenvalue weighted by atomic mass is 10.1. The molecule has 4 nitrogen and oxygen atoms in total. The average molecular weight is 399 g/mol. The van der Waals surface area contributed by atoms with E-state index in [4.69, 9.17) is 4.74 Å². The molecule has 2 aromatic carbocycles. The molecule has 4 rings (SSSR count). The molecule has 0 unspecified atom stereocenters. The monoisotopic (exact) mass is 399 g/mol. The van der Waals surface area contributed by atoms with E-state index in [1.165, 1.54) is 29.5 Å². The molecule has 0 aliphatic rings. The van der Waals surface area contributed by atoms with E-state index >= 15 is 0 Å². The second-order valence-corrected chi connectivity index (χ2v) is 6.97. The number of hydrogen-bond acceptors (Lipinski definition) is 4. The van der Waals surface area contributed by atoms with E-state index in [9.17, 15) is 18.4 Å². The summed E-state index contributed by atoms with van der Waals surface area (Å²) in [4.78, 5) is 4.60. The number of benzene rings is 2. The Morgan fingerprint density at radius 3 is 2.64 bits per heavy atom. The Bertz CT molecular complexity index is 1190. The van der Waals surface area contributed by atoms with E-state index in [1.54, 1.807) is 12.4 Å². The van der Waals surface area contributed by atoms with Crippen LogP contribution in [-0.2, 0) is 12.8 Å². The Hall–Kier alpha value is -3.31. The minimum absolute atomic E-state index is 0.0136. The summed E-state index contributed by atoms with van der Waals surface area (Å²) in [6, 6.07) is 16.5. The van der Waals surface area contributed by atoms with Crippen molar-refractivity contribution in [3.05, 3.63) is 76.9 Å². The predicted molar refractivity (Wildman–Crippen MR) is 99.4 cm³/mol. The third kappa shape index (κ3) is 3.32. The standard InChI is InChI=1S/C20H12F3N3OS/c21-20(22,23)14-6-2-1-5-13(14)11-27-17-9-19(28-18(17)10-24)26-12-25-15-7-3-4-8-16(15)26/h1-9,12H,11H2. The first kappa shape index (κ1) is 18.1. The van der Waals surface area contributed by atoms with Crippen LogP contribution >= 0.6 is 11.3 Å². The molecule has 0 saturated heterocycles. The van der Waals surface area contributed by atoms with Gasteiger partial charge in [-0.2, -0.15) is 18.4 Å². The van der Waals surface area contributed by atoms with Crippen molar-refractivity contribution in [2.24, 2.45) is 0 Å². The number of para-hydroxylation sites is 2. The molecule has 0 atom stereocenters. The summed E-state index contributed by atoms with van der Waals surface area (Å²) >= 11 is 1.19. The highest BCUT2D eigenvalue weighted by atomic mass is 32.1. The Kier molecular flexibility index (Phi) is 4.53. The SMILES string of the molecule is N#Cc1sc(-n2cnc3ccccc32)cc1OCc1ccccc1C(F)(F)F. The highest BCUT2D eigenvalue weighted by Gasteiger charge is 2.33. The predicted octanol–water partition coefficient (Wildman–Crippen LogP) is 5.56. The Balaban J connectivity index is 1.65. The van der Waals surface area contributed by atoms with Gasteiger partial charge in [-0.15, -0.1) is 11.3 Å². The van der Waals surface area contributed by atoms with Crippen molar-refractivity contribution in [2.75, 3.05) is 0 Å². The summed E-state index contributed by atoms with van der Waals surface area (Å²) < 4.78 is 46.8. The van der Waals surface area contributed by atoms with Crippen LogP contribution in [-0.4, -0.2) is 9.55 Å². The average Bonchev–Trinajstić information content (AvgIpc) is 3.29. The summed E-state index contributed by atoms with van der Waals surface area (Å²) in [6.07, 6.45) is -2.83. The van der Waals surface area contributed by atoms with Crippen LogP contribution in [0.2, 0.25) is 0 Å². The number of aromatic nitrogens is 2. The zero-order valence-corrected chi connectivity index (χ0v) is 15.1. The molecule has 4 aromatic rings. The number of nitrogens with zero attached hydrogens (tertiary/aromatic N) is 3. The van der Waals surface area contributed by atoms with Crippen molar-refractivity contribution in [1.82, 2.24) is 9.55 Å². The number of ether oxygens (including phenoxy) is 1. The molecular formula is C20H12F3N3OS. The van der Waals surface area contributed by atoms with Gasteiger partial charge in [-0.1, -0.05) is 30.3 Å². The van der Waals surface area contributed by atoms with E-state index in [2.05, 4.69) is 4.98 Å². The maximum Gasteiger partial charge on any atom is 0.416 e. The number of alkyl halides is 3. The number of nitriles is 1. The Morgan fingerprint density at radius 1 is 1.11 bits per heavy atom. The molecule has 0 fully saturated rings. The van der Waals surface area contributed by atoms with E-state index in [0.29, 0.717) is 5.00 Å². The normalized spacial score (nSPS) is 11.5. The van der Waals surface area contributed by atoms with Crippen molar-refractivity contribution in [3.63, 3.8) is 0 Å². The van der Waals surface area contributed by atoms with Gasteiger partial charge in [-0.05, 0) is 18.2 Å². The molecule has 0 spiro atoms. The van der Waals surface area contributed by atoms with Crippen molar-refractivity contribution < 1.29 is 17.9 Å². The van der Waals surface area contributed by atoms with Gasteiger partial charge in [0.05, 0.1) is 16.6 Å². The maximum atomic E-state index is 13.1. The summed E-state index contributed by atoms with van der Waals surface area (Å²) in [5.41, 5.74) is 0.933. The smallest absolute Gasteiger partial charge is 0.416 e. The van der Waals surface area contributed by atoms with Crippen LogP contribution < -0.4 is 4.74 Å². The van der Waals surface area contributed by atoms with Crippen LogP contribution in [0.1, 0.15) is 16.0 Å². The molecule has 0 bridgehead atoms. The zero-order valence-electron chi connectivity index (χ0n) is 14.3. The topological polar surface area (TPSA) is 50.8 Å². The van der Waals surface area contributed by atoms with Gasteiger partial charge >= 0.3 is 6.18 Å². The highest BCUT2D eigenvalue weighted by molar-refractivity contribution is 7.15. The number of rotatable bonds is 4. The first-order chi connectivity index (χ1) is 13.5. The first-order valence-electron chi connectivity index (χ1n) is 8.21. The number of imidazole rings is 1. The van der Waals surface area contributed by atoms with E-state index in [1.807, 2.05) is 34.9 Å². The third-order valence-electron chi connectivity index (χ3n) is 4.18. The van der Waals surface area contributed by atoms with Crippen LogP contribution in [0.4, 0.5) is 13.2 Å².